The molecular formula is C7H12O. The third-order valence-electron chi connectivity index (χ3n) is 1.85. The van der Waals surface area contributed by atoms with Crippen molar-refractivity contribution in [2.45, 2.75) is 19.3 Å². The Hall–Kier alpha value is -0.300. The van der Waals surface area contributed by atoms with Gasteiger partial charge in [-0.05, 0) is 19.3 Å². The lowest BCUT2D eigenvalue weighted by atomic mass is 10.1. The molecule has 1 saturated carbocycles. The van der Waals surface area contributed by atoms with E-state index in [1.54, 1.807) is 0 Å². The predicted molar refractivity (Wildman–Crippen MR) is 33.6 cm³/mol. The van der Waals surface area contributed by atoms with Crippen LogP contribution in [0.25, 0.3) is 0 Å². The molecule has 0 spiro atoms. The summed E-state index contributed by atoms with van der Waals surface area (Å²) in [6, 6.07) is 0. The van der Waals surface area contributed by atoms with Crippen molar-refractivity contribution < 1.29 is 5.11 Å². The van der Waals surface area contributed by atoms with E-state index < -0.39 is 0 Å². The molecule has 1 aliphatic rings. The van der Waals surface area contributed by atoms with E-state index >= 15 is 0 Å². The first-order valence-corrected chi connectivity index (χ1v) is 3.13. The molecule has 0 aliphatic heterocycles. The van der Waals surface area contributed by atoms with Gasteiger partial charge in [-0.1, -0.05) is 12.2 Å². The predicted octanol–water partition coefficient (Wildman–Crippen LogP) is 1.33. The van der Waals surface area contributed by atoms with Crippen LogP contribution >= 0.6 is 0 Å². The Balaban J connectivity index is 2.42. The van der Waals surface area contributed by atoms with Gasteiger partial charge in [0.2, 0.25) is 0 Å². The third kappa shape index (κ3) is 0.920. The van der Waals surface area contributed by atoms with Crippen LogP contribution in [0.4, 0.5) is 0 Å². The smallest absolute Gasteiger partial charge is 0.0496 e. The van der Waals surface area contributed by atoms with Gasteiger partial charge in [0.15, 0.2) is 0 Å². The summed E-state index contributed by atoms with van der Waals surface area (Å²) >= 11 is 0. The number of rotatable bonds is 1. The highest BCUT2D eigenvalue weighted by Gasteiger charge is 2.16. The third-order valence-corrected chi connectivity index (χ3v) is 1.85. The van der Waals surface area contributed by atoms with Crippen LogP contribution in [-0.4, -0.2) is 11.7 Å². The van der Waals surface area contributed by atoms with Gasteiger partial charge in [0.25, 0.3) is 0 Å². The summed E-state index contributed by atoms with van der Waals surface area (Å²) in [4.78, 5) is 0. The molecule has 1 atom stereocenters. The van der Waals surface area contributed by atoms with Crippen LogP contribution in [0.15, 0.2) is 12.2 Å². The van der Waals surface area contributed by atoms with Crippen LogP contribution in [0, 0.1) is 5.92 Å². The first-order valence-electron chi connectivity index (χ1n) is 3.13. The van der Waals surface area contributed by atoms with Crippen molar-refractivity contribution in [1.82, 2.24) is 0 Å². The fourth-order valence-corrected chi connectivity index (χ4v) is 1.20. The van der Waals surface area contributed by atoms with E-state index in [-0.39, 0.29) is 0 Å². The molecule has 46 valence electrons. The molecule has 0 aromatic rings. The summed E-state index contributed by atoms with van der Waals surface area (Å²) in [5, 5.41) is 8.68. The Bertz CT molecular complexity index is 96.6. The van der Waals surface area contributed by atoms with Gasteiger partial charge in [-0.15, -0.1) is 0 Å². The largest absolute Gasteiger partial charge is 0.396 e. The zero-order valence-electron chi connectivity index (χ0n) is 5.06. The van der Waals surface area contributed by atoms with Crippen molar-refractivity contribution in [2.24, 2.45) is 5.92 Å². The van der Waals surface area contributed by atoms with E-state index in [2.05, 4.69) is 6.58 Å². The van der Waals surface area contributed by atoms with Crippen LogP contribution < -0.4 is 0 Å². The quantitative estimate of drug-likeness (QED) is 0.507. The van der Waals surface area contributed by atoms with Crippen LogP contribution in [0.3, 0.4) is 0 Å². The average Bonchev–Trinajstić information content (AvgIpc) is 2.14. The van der Waals surface area contributed by atoms with Crippen molar-refractivity contribution in [3.63, 3.8) is 0 Å². The summed E-state index contributed by atoms with van der Waals surface area (Å²) in [5.74, 6) is 0.426. The van der Waals surface area contributed by atoms with Gasteiger partial charge in [0.05, 0.1) is 0 Å². The van der Waals surface area contributed by atoms with E-state index in [0.29, 0.717) is 12.5 Å². The molecule has 0 radical (unpaired) electrons. The Morgan fingerprint density at radius 3 is 2.75 bits per heavy atom. The number of hydrogen-bond acceptors (Lipinski definition) is 1. The lowest BCUT2D eigenvalue weighted by Crippen LogP contribution is -2.00. The fourth-order valence-electron chi connectivity index (χ4n) is 1.20. The standard InChI is InChI=1S/C7H12O/c1-6-3-2-4-7(6)5-8/h7-8H,1-5H2. The Morgan fingerprint density at radius 1 is 1.75 bits per heavy atom. The normalized spacial score (nSPS) is 29.1. The van der Waals surface area contributed by atoms with E-state index in [9.17, 15) is 0 Å². The maximum absolute atomic E-state index is 8.68. The second-order valence-electron chi connectivity index (χ2n) is 2.43. The lowest BCUT2D eigenvalue weighted by molar-refractivity contribution is 0.249. The lowest BCUT2D eigenvalue weighted by Gasteiger charge is -2.03. The van der Waals surface area contributed by atoms with Gasteiger partial charge in [-0.3, -0.25) is 0 Å². The first-order chi connectivity index (χ1) is 3.84. The van der Waals surface area contributed by atoms with Gasteiger partial charge < -0.3 is 5.11 Å². The second-order valence-corrected chi connectivity index (χ2v) is 2.43. The molecule has 0 heterocycles. The van der Waals surface area contributed by atoms with Crippen molar-refractivity contribution in [1.29, 1.82) is 0 Å². The van der Waals surface area contributed by atoms with E-state index in [0.717, 1.165) is 12.8 Å². The van der Waals surface area contributed by atoms with Crippen molar-refractivity contribution >= 4 is 0 Å². The van der Waals surface area contributed by atoms with E-state index in [1.807, 2.05) is 0 Å². The van der Waals surface area contributed by atoms with Crippen LogP contribution in [0.5, 0.6) is 0 Å². The van der Waals surface area contributed by atoms with Crippen molar-refractivity contribution in [2.75, 3.05) is 6.61 Å². The molecule has 1 aliphatic carbocycles. The minimum absolute atomic E-state index is 0.304. The van der Waals surface area contributed by atoms with Gasteiger partial charge in [0.1, 0.15) is 0 Å². The monoisotopic (exact) mass is 112 g/mol. The molecule has 0 amide bonds. The minimum atomic E-state index is 0.304. The number of hydrogen-bond donors (Lipinski definition) is 1. The minimum Gasteiger partial charge on any atom is -0.396 e. The van der Waals surface area contributed by atoms with E-state index in [1.165, 1.54) is 12.0 Å². The molecule has 0 aromatic carbocycles. The van der Waals surface area contributed by atoms with Crippen molar-refractivity contribution in [3.8, 4) is 0 Å². The zero-order valence-corrected chi connectivity index (χ0v) is 5.06. The molecular weight excluding hydrogens is 100 g/mol. The van der Waals surface area contributed by atoms with Crippen LogP contribution in [0.2, 0.25) is 0 Å². The molecule has 0 aromatic heterocycles. The van der Waals surface area contributed by atoms with E-state index in [4.69, 9.17) is 5.11 Å². The summed E-state index contributed by atoms with van der Waals surface area (Å²) in [6.07, 6.45) is 3.50. The summed E-state index contributed by atoms with van der Waals surface area (Å²) in [5.41, 5.74) is 1.24. The highest BCUT2D eigenvalue weighted by atomic mass is 16.3. The first kappa shape index (κ1) is 5.83. The zero-order chi connectivity index (χ0) is 5.98. The SMILES string of the molecule is C=C1CCCC1CO. The van der Waals surface area contributed by atoms with Crippen LogP contribution in [0.1, 0.15) is 19.3 Å². The molecule has 0 bridgehead atoms. The second kappa shape index (κ2) is 2.31. The molecule has 1 fully saturated rings. The Labute approximate surface area is 50.0 Å². The molecule has 1 N–H and O–H groups in total. The topological polar surface area (TPSA) is 20.2 Å². The van der Waals surface area contributed by atoms with Crippen LogP contribution in [-0.2, 0) is 0 Å². The van der Waals surface area contributed by atoms with Crippen molar-refractivity contribution in [3.05, 3.63) is 12.2 Å². The maximum Gasteiger partial charge on any atom is 0.0496 e. The van der Waals surface area contributed by atoms with Gasteiger partial charge in [-0.25, -0.2) is 0 Å². The molecule has 0 saturated heterocycles. The van der Waals surface area contributed by atoms with Gasteiger partial charge >= 0.3 is 0 Å². The highest BCUT2D eigenvalue weighted by Crippen LogP contribution is 2.28. The van der Waals surface area contributed by atoms with Gasteiger partial charge in [0, 0.05) is 12.5 Å². The number of aliphatic hydroxyl groups excluding tert-OH is 1. The molecule has 1 heteroatoms. The Morgan fingerprint density at radius 2 is 2.50 bits per heavy atom. The Kier molecular flexibility index (Phi) is 1.69. The highest BCUT2D eigenvalue weighted by molar-refractivity contribution is 5.05. The van der Waals surface area contributed by atoms with Gasteiger partial charge in [-0.2, -0.15) is 0 Å². The molecule has 1 nitrogen and oxygen atoms in total. The molecule has 1 unspecified atom stereocenters. The fraction of sp³-hybridized carbons (Fsp3) is 0.714. The summed E-state index contributed by atoms with van der Waals surface area (Å²) < 4.78 is 0. The summed E-state index contributed by atoms with van der Waals surface area (Å²) in [6.45, 7) is 4.15. The number of aliphatic hydroxyl groups is 1. The average molecular weight is 112 g/mol. The maximum atomic E-state index is 8.68. The summed E-state index contributed by atoms with van der Waals surface area (Å²) in [7, 11) is 0. The molecule has 8 heavy (non-hydrogen) atoms. The molecule has 1 rings (SSSR count).